The predicted octanol–water partition coefficient (Wildman–Crippen LogP) is 3.46. The maximum absolute atomic E-state index is 5.58. The lowest BCUT2D eigenvalue weighted by Crippen LogP contribution is -2.10. The number of hydrogen-bond donors (Lipinski definition) is 2. The topological polar surface area (TPSA) is 63.0 Å². The summed E-state index contributed by atoms with van der Waals surface area (Å²) in [5, 5.41) is 6.47. The van der Waals surface area contributed by atoms with Gasteiger partial charge < -0.3 is 15.1 Å². The second kappa shape index (κ2) is 5.94. The highest BCUT2D eigenvalue weighted by Crippen LogP contribution is 2.25. The van der Waals surface area contributed by atoms with Gasteiger partial charge in [-0.15, -0.1) is 0 Å². The third kappa shape index (κ3) is 3.10. The van der Waals surface area contributed by atoms with Gasteiger partial charge in [0.1, 0.15) is 29.0 Å². The molecule has 0 saturated carbocycles. The minimum Gasteiger partial charge on any atom is -0.466 e. The molecule has 2 heterocycles. The molecule has 1 atom stereocenters. The van der Waals surface area contributed by atoms with Gasteiger partial charge in [-0.25, -0.2) is 9.97 Å². The zero-order valence-electron chi connectivity index (χ0n) is 12.7. The Bertz CT molecular complexity index is 569. The molecule has 0 aliphatic carbocycles. The van der Waals surface area contributed by atoms with Crippen molar-refractivity contribution in [2.75, 3.05) is 17.7 Å². The first-order chi connectivity index (χ1) is 9.53. The largest absolute Gasteiger partial charge is 0.466 e. The summed E-state index contributed by atoms with van der Waals surface area (Å²) < 4.78 is 5.58. The Labute approximate surface area is 119 Å². The lowest BCUT2D eigenvalue weighted by atomic mass is 10.1. The highest BCUT2D eigenvalue weighted by molar-refractivity contribution is 5.48. The first-order valence-electron chi connectivity index (χ1n) is 6.92. The summed E-state index contributed by atoms with van der Waals surface area (Å²) in [5.41, 5.74) is 1.16. The Morgan fingerprint density at radius 2 is 1.90 bits per heavy atom. The highest BCUT2D eigenvalue weighted by atomic mass is 16.3. The standard InChI is InChI=1S/C15H22N4O/c1-6-13-18-14(16-5)8-15(19-13)17-10(3)12-7-9(2)20-11(12)4/h7-8,10H,6H2,1-5H3,(H2,16,17,18,19). The van der Waals surface area contributed by atoms with Crippen LogP contribution in [0.3, 0.4) is 0 Å². The van der Waals surface area contributed by atoms with E-state index in [1.807, 2.05) is 33.9 Å². The van der Waals surface area contributed by atoms with Crippen LogP contribution in [0.4, 0.5) is 11.6 Å². The molecule has 5 heteroatoms. The van der Waals surface area contributed by atoms with Gasteiger partial charge in [0.15, 0.2) is 0 Å². The fourth-order valence-electron chi connectivity index (χ4n) is 2.24. The van der Waals surface area contributed by atoms with Crippen LogP contribution in [0.5, 0.6) is 0 Å². The number of anilines is 2. The molecule has 2 N–H and O–H groups in total. The van der Waals surface area contributed by atoms with Crippen LogP contribution < -0.4 is 10.6 Å². The van der Waals surface area contributed by atoms with Crippen LogP contribution >= 0.6 is 0 Å². The van der Waals surface area contributed by atoms with Crippen molar-refractivity contribution in [3.63, 3.8) is 0 Å². The molecule has 0 saturated heterocycles. The minimum absolute atomic E-state index is 0.136. The lowest BCUT2D eigenvalue weighted by molar-refractivity contribution is 0.499. The van der Waals surface area contributed by atoms with Gasteiger partial charge in [-0.05, 0) is 26.8 Å². The first kappa shape index (κ1) is 14.4. The fourth-order valence-corrected chi connectivity index (χ4v) is 2.24. The second-order valence-corrected chi connectivity index (χ2v) is 4.89. The molecule has 0 radical (unpaired) electrons. The van der Waals surface area contributed by atoms with Crippen LogP contribution in [0.15, 0.2) is 16.5 Å². The van der Waals surface area contributed by atoms with Gasteiger partial charge in [0.2, 0.25) is 0 Å². The summed E-state index contributed by atoms with van der Waals surface area (Å²) in [6, 6.07) is 4.11. The molecule has 5 nitrogen and oxygen atoms in total. The molecular formula is C15H22N4O. The number of nitrogens with one attached hydrogen (secondary N) is 2. The second-order valence-electron chi connectivity index (χ2n) is 4.89. The molecule has 2 aromatic rings. The van der Waals surface area contributed by atoms with Crippen LogP contribution in [0.1, 0.15) is 42.8 Å². The Kier molecular flexibility index (Phi) is 4.27. The molecule has 0 amide bonds. The van der Waals surface area contributed by atoms with Crippen molar-refractivity contribution in [3.05, 3.63) is 35.0 Å². The van der Waals surface area contributed by atoms with Crippen LogP contribution in [0, 0.1) is 13.8 Å². The molecule has 0 bridgehead atoms. The van der Waals surface area contributed by atoms with E-state index < -0.39 is 0 Å². The van der Waals surface area contributed by atoms with E-state index in [0.717, 1.165) is 41.0 Å². The highest BCUT2D eigenvalue weighted by Gasteiger charge is 2.13. The summed E-state index contributed by atoms with van der Waals surface area (Å²) in [5.74, 6) is 4.35. The van der Waals surface area contributed by atoms with Gasteiger partial charge in [0, 0.05) is 25.1 Å². The zero-order valence-corrected chi connectivity index (χ0v) is 12.7. The predicted molar refractivity (Wildman–Crippen MR) is 81.2 cm³/mol. The van der Waals surface area contributed by atoms with Gasteiger partial charge >= 0.3 is 0 Å². The number of rotatable bonds is 5. The third-order valence-electron chi connectivity index (χ3n) is 3.26. The summed E-state index contributed by atoms with van der Waals surface area (Å²) >= 11 is 0. The minimum atomic E-state index is 0.136. The van der Waals surface area contributed by atoms with Crippen LogP contribution in [-0.4, -0.2) is 17.0 Å². The van der Waals surface area contributed by atoms with E-state index in [1.54, 1.807) is 0 Å². The maximum atomic E-state index is 5.58. The number of aryl methyl sites for hydroxylation is 3. The normalized spacial score (nSPS) is 12.2. The zero-order chi connectivity index (χ0) is 14.7. The van der Waals surface area contributed by atoms with Gasteiger partial charge in [-0.3, -0.25) is 0 Å². The van der Waals surface area contributed by atoms with Crippen molar-refractivity contribution in [3.8, 4) is 0 Å². The van der Waals surface area contributed by atoms with Crippen molar-refractivity contribution in [2.24, 2.45) is 0 Å². The van der Waals surface area contributed by atoms with Crippen molar-refractivity contribution in [1.82, 2.24) is 9.97 Å². The SMILES string of the molecule is CCc1nc(NC)cc(NC(C)c2cc(C)oc2C)n1. The third-order valence-corrected chi connectivity index (χ3v) is 3.26. The summed E-state index contributed by atoms with van der Waals surface area (Å²) in [6.45, 7) is 8.09. The molecule has 0 aromatic carbocycles. The molecule has 1 unspecified atom stereocenters. The Morgan fingerprint density at radius 1 is 1.20 bits per heavy atom. The molecular weight excluding hydrogens is 252 g/mol. The Balaban J connectivity index is 2.22. The molecule has 0 spiro atoms. The van der Waals surface area contributed by atoms with Crippen molar-refractivity contribution in [1.29, 1.82) is 0 Å². The van der Waals surface area contributed by atoms with E-state index in [1.165, 1.54) is 0 Å². The number of furan rings is 1. The van der Waals surface area contributed by atoms with E-state index in [-0.39, 0.29) is 6.04 Å². The lowest BCUT2D eigenvalue weighted by Gasteiger charge is -2.15. The van der Waals surface area contributed by atoms with Crippen LogP contribution in [0.2, 0.25) is 0 Å². The Morgan fingerprint density at radius 3 is 2.45 bits per heavy atom. The van der Waals surface area contributed by atoms with Crippen molar-refractivity contribution >= 4 is 11.6 Å². The average Bonchev–Trinajstić information content (AvgIpc) is 2.77. The summed E-state index contributed by atoms with van der Waals surface area (Å²) in [7, 11) is 1.86. The average molecular weight is 274 g/mol. The van der Waals surface area contributed by atoms with Gasteiger partial charge in [-0.1, -0.05) is 6.92 Å². The molecule has 2 aromatic heterocycles. The number of nitrogens with zero attached hydrogens (tertiary/aromatic N) is 2. The Hall–Kier alpha value is -2.04. The molecule has 0 aliphatic heterocycles. The molecule has 2 rings (SSSR count). The van der Waals surface area contributed by atoms with E-state index in [2.05, 4.69) is 33.6 Å². The molecule has 0 fully saturated rings. The van der Waals surface area contributed by atoms with Crippen molar-refractivity contribution in [2.45, 2.75) is 40.2 Å². The number of aromatic nitrogens is 2. The molecule has 20 heavy (non-hydrogen) atoms. The first-order valence-corrected chi connectivity index (χ1v) is 6.92. The quantitative estimate of drug-likeness (QED) is 0.874. The van der Waals surface area contributed by atoms with Gasteiger partial charge in [-0.2, -0.15) is 0 Å². The van der Waals surface area contributed by atoms with E-state index in [4.69, 9.17) is 4.42 Å². The molecule has 108 valence electrons. The summed E-state index contributed by atoms with van der Waals surface area (Å²) in [6.07, 6.45) is 0.808. The van der Waals surface area contributed by atoms with Gasteiger partial charge in [0.25, 0.3) is 0 Å². The maximum Gasteiger partial charge on any atom is 0.132 e. The van der Waals surface area contributed by atoms with E-state index in [9.17, 15) is 0 Å². The van der Waals surface area contributed by atoms with E-state index in [0.29, 0.717) is 0 Å². The number of hydrogen-bond acceptors (Lipinski definition) is 5. The van der Waals surface area contributed by atoms with Crippen LogP contribution in [-0.2, 0) is 6.42 Å². The van der Waals surface area contributed by atoms with E-state index >= 15 is 0 Å². The molecule has 0 aliphatic rings. The van der Waals surface area contributed by atoms with Gasteiger partial charge in [0.05, 0.1) is 6.04 Å². The van der Waals surface area contributed by atoms with Crippen LogP contribution in [0.25, 0.3) is 0 Å². The smallest absolute Gasteiger partial charge is 0.132 e. The summed E-state index contributed by atoms with van der Waals surface area (Å²) in [4.78, 5) is 8.90. The monoisotopic (exact) mass is 274 g/mol. The van der Waals surface area contributed by atoms with Crippen molar-refractivity contribution < 1.29 is 4.42 Å². The fraction of sp³-hybridized carbons (Fsp3) is 0.467.